The molecular weight excluding hydrogens is 216 g/mol. The number of nitrogens with one attached hydrogen (secondary N) is 1. The van der Waals surface area contributed by atoms with Crippen LogP contribution in [0.1, 0.15) is 5.82 Å². The fraction of sp³-hybridized carbons (Fsp3) is 0.0909. The average molecular weight is 226 g/mol. The van der Waals surface area contributed by atoms with Gasteiger partial charge < -0.3 is 5.32 Å². The predicted octanol–water partition coefficient (Wildman–Crippen LogP) is 1.13. The van der Waals surface area contributed by atoms with Crippen molar-refractivity contribution in [2.45, 2.75) is 6.54 Å². The van der Waals surface area contributed by atoms with Gasteiger partial charge in [0.25, 0.3) is 0 Å². The number of aromatic nitrogens is 5. The Kier molecular flexibility index (Phi) is 2.38. The number of hydrogen-bond donors (Lipinski definition) is 1. The fourth-order valence-electron chi connectivity index (χ4n) is 1.56. The fourth-order valence-corrected chi connectivity index (χ4v) is 1.56. The molecule has 0 radical (unpaired) electrons. The van der Waals surface area contributed by atoms with Crippen LogP contribution in [0, 0.1) is 0 Å². The highest BCUT2D eigenvalue weighted by atomic mass is 15.3. The first-order valence-corrected chi connectivity index (χ1v) is 5.23. The van der Waals surface area contributed by atoms with E-state index in [0.29, 0.717) is 12.5 Å². The summed E-state index contributed by atoms with van der Waals surface area (Å²) >= 11 is 0. The Morgan fingerprint density at radius 3 is 2.82 bits per heavy atom. The van der Waals surface area contributed by atoms with Crippen LogP contribution < -0.4 is 5.32 Å². The van der Waals surface area contributed by atoms with Gasteiger partial charge in [-0.2, -0.15) is 0 Å². The van der Waals surface area contributed by atoms with Gasteiger partial charge in [-0.15, -0.1) is 10.2 Å². The Morgan fingerprint density at radius 2 is 1.94 bits per heavy atom. The van der Waals surface area contributed by atoms with Gasteiger partial charge in [0.2, 0.25) is 5.95 Å². The smallest absolute Gasteiger partial charge is 0.222 e. The predicted molar refractivity (Wildman–Crippen MR) is 62.3 cm³/mol. The molecule has 3 heterocycles. The van der Waals surface area contributed by atoms with Gasteiger partial charge in [0, 0.05) is 18.6 Å². The number of pyridine rings is 1. The average Bonchev–Trinajstić information content (AvgIpc) is 2.81. The largest absolute Gasteiger partial charge is 0.347 e. The third kappa shape index (κ3) is 1.92. The zero-order valence-electron chi connectivity index (χ0n) is 8.98. The van der Waals surface area contributed by atoms with Gasteiger partial charge >= 0.3 is 0 Å². The van der Waals surface area contributed by atoms with Crippen molar-refractivity contribution in [1.82, 2.24) is 24.6 Å². The highest BCUT2D eigenvalue weighted by Crippen LogP contribution is 2.04. The molecule has 6 heteroatoms. The van der Waals surface area contributed by atoms with Crippen molar-refractivity contribution in [3.8, 4) is 0 Å². The minimum Gasteiger partial charge on any atom is -0.347 e. The van der Waals surface area contributed by atoms with Crippen LogP contribution in [0.3, 0.4) is 0 Å². The van der Waals surface area contributed by atoms with Crippen molar-refractivity contribution < 1.29 is 0 Å². The molecule has 0 aliphatic heterocycles. The molecule has 0 aromatic carbocycles. The standard InChI is InChI=1S/C11H10N6/c1-2-7-17-9(4-1)15-16-10(17)8-14-11-12-5-3-6-13-11/h1-7H,8H2,(H,12,13,14). The van der Waals surface area contributed by atoms with E-state index in [0.717, 1.165) is 11.5 Å². The van der Waals surface area contributed by atoms with Crippen molar-refractivity contribution >= 4 is 11.6 Å². The van der Waals surface area contributed by atoms with Gasteiger partial charge in [0.15, 0.2) is 11.5 Å². The summed E-state index contributed by atoms with van der Waals surface area (Å²) in [5, 5.41) is 11.3. The second kappa shape index (κ2) is 4.17. The van der Waals surface area contributed by atoms with E-state index in [1.807, 2.05) is 28.8 Å². The SMILES string of the molecule is c1cnc(NCc2nnc3ccccn23)nc1. The molecule has 1 N–H and O–H groups in total. The lowest BCUT2D eigenvalue weighted by Gasteiger charge is -2.02. The monoisotopic (exact) mass is 226 g/mol. The van der Waals surface area contributed by atoms with E-state index in [9.17, 15) is 0 Å². The Bertz CT molecular complexity index is 618. The molecule has 6 nitrogen and oxygen atoms in total. The molecular formula is C11H10N6. The van der Waals surface area contributed by atoms with Crippen LogP contribution in [0.4, 0.5) is 5.95 Å². The lowest BCUT2D eigenvalue weighted by atomic mass is 10.4. The van der Waals surface area contributed by atoms with E-state index in [4.69, 9.17) is 0 Å². The zero-order valence-corrected chi connectivity index (χ0v) is 8.98. The quantitative estimate of drug-likeness (QED) is 0.725. The van der Waals surface area contributed by atoms with Crippen LogP contribution in [-0.2, 0) is 6.54 Å². The molecule has 17 heavy (non-hydrogen) atoms. The molecule has 3 rings (SSSR count). The first-order chi connectivity index (χ1) is 8.43. The first-order valence-electron chi connectivity index (χ1n) is 5.23. The first kappa shape index (κ1) is 9.71. The van der Waals surface area contributed by atoms with Gasteiger partial charge in [-0.05, 0) is 18.2 Å². The van der Waals surface area contributed by atoms with Gasteiger partial charge in [-0.1, -0.05) is 6.07 Å². The summed E-state index contributed by atoms with van der Waals surface area (Å²) in [6, 6.07) is 7.56. The Hall–Kier alpha value is -2.50. The molecule has 0 spiro atoms. The molecule has 0 unspecified atom stereocenters. The summed E-state index contributed by atoms with van der Waals surface area (Å²) in [5.41, 5.74) is 0.832. The summed E-state index contributed by atoms with van der Waals surface area (Å²) < 4.78 is 1.93. The van der Waals surface area contributed by atoms with Crippen molar-refractivity contribution in [1.29, 1.82) is 0 Å². The summed E-state index contributed by atoms with van der Waals surface area (Å²) in [6.45, 7) is 0.537. The van der Waals surface area contributed by atoms with E-state index < -0.39 is 0 Å². The lowest BCUT2D eigenvalue weighted by molar-refractivity contribution is 0.903. The van der Waals surface area contributed by atoms with Crippen LogP contribution >= 0.6 is 0 Å². The maximum absolute atomic E-state index is 4.11. The van der Waals surface area contributed by atoms with E-state index in [1.54, 1.807) is 18.5 Å². The molecule has 0 fully saturated rings. The van der Waals surface area contributed by atoms with E-state index >= 15 is 0 Å². The summed E-state index contributed by atoms with van der Waals surface area (Å²) in [5.74, 6) is 1.41. The second-order valence-corrected chi connectivity index (χ2v) is 3.47. The van der Waals surface area contributed by atoms with Gasteiger partial charge in [0.1, 0.15) is 0 Å². The minimum atomic E-state index is 0.537. The maximum atomic E-state index is 4.11. The molecule has 0 atom stereocenters. The maximum Gasteiger partial charge on any atom is 0.222 e. The van der Waals surface area contributed by atoms with Gasteiger partial charge in [-0.3, -0.25) is 4.40 Å². The lowest BCUT2D eigenvalue weighted by Crippen LogP contribution is -2.06. The number of nitrogens with zero attached hydrogens (tertiary/aromatic N) is 5. The highest BCUT2D eigenvalue weighted by molar-refractivity contribution is 5.37. The van der Waals surface area contributed by atoms with Crippen molar-refractivity contribution in [3.63, 3.8) is 0 Å². The van der Waals surface area contributed by atoms with Crippen molar-refractivity contribution in [2.24, 2.45) is 0 Å². The Balaban J connectivity index is 1.82. The van der Waals surface area contributed by atoms with Crippen LogP contribution in [-0.4, -0.2) is 24.6 Å². The van der Waals surface area contributed by atoms with Crippen LogP contribution in [0.15, 0.2) is 42.9 Å². The summed E-state index contributed by atoms with van der Waals surface area (Å²) in [7, 11) is 0. The molecule has 0 saturated carbocycles. The van der Waals surface area contributed by atoms with E-state index in [-0.39, 0.29) is 0 Å². The molecule has 84 valence electrons. The molecule has 3 aromatic rings. The molecule has 0 aliphatic rings. The number of hydrogen-bond acceptors (Lipinski definition) is 5. The highest BCUT2D eigenvalue weighted by Gasteiger charge is 2.04. The van der Waals surface area contributed by atoms with Crippen LogP contribution in [0.25, 0.3) is 5.65 Å². The minimum absolute atomic E-state index is 0.537. The Labute approximate surface area is 97.4 Å². The summed E-state index contributed by atoms with van der Waals surface area (Å²) in [6.07, 6.45) is 5.31. The number of anilines is 1. The van der Waals surface area contributed by atoms with E-state index in [1.165, 1.54) is 0 Å². The molecule has 0 saturated heterocycles. The summed E-state index contributed by atoms with van der Waals surface area (Å²) in [4.78, 5) is 8.16. The molecule has 0 amide bonds. The topological polar surface area (TPSA) is 68.0 Å². The molecule has 0 bridgehead atoms. The van der Waals surface area contributed by atoms with Crippen molar-refractivity contribution in [3.05, 3.63) is 48.7 Å². The van der Waals surface area contributed by atoms with Gasteiger partial charge in [0.05, 0.1) is 6.54 Å². The second-order valence-electron chi connectivity index (χ2n) is 3.47. The zero-order chi connectivity index (χ0) is 11.5. The van der Waals surface area contributed by atoms with Crippen LogP contribution in [0.2, 0.25) is 0 Å². The molecule has 0 aliphatic carbocycles. The molecule has 3 aromatic heterocycles. The van der Waals surface area contributed by atoms with Crippen LogP contribution in [0.5, 0.6) is 0 Å². The van der Waals surface area contributed by atoms with Gasteiger partial charge in [-0.25, -0.2) is 9.97 Å². The number of fused-ring (bicyclic) bond motifs is 1. The van der Waals surface area contributed by atoms with E-state index in [2.05, 4.69) is 25.5 Å². The number of rotatable bonds is 3. The van der Waals surface area contributed by atoms with Crippen molar-refractivity contribution in [2.75, 3.05) is 5.32 Å². The Morgan fingerprint density at radius 1 is 1.06 bits per heavy atom. The third-order valence-corrected chi connectivity index (χ3v) is 2.35. The third-order valence-electron chi connectivity index (χ3n) is 2.35. The normalized spacial score (nSPS) is 10.6.